The van der Waals surface area contributed by atoms with Crippen LogP contribution >= 0.6 is 11.6 Å². The Bertz CT molecular complexity index is 920. The van der Waals surface area contributed by atoms with E-state index in [1.54, 1.807) is 9.91 Å². The molecule has 2 heterocycles. The lowest BCUT2D eigenvalue weighted by atomic mass is 9.81. The van der Waals surface area contributed by atoms with Crippen LogP contribution in [-0.4, -0.2) is 57.6 Å². The van der Waals surface area contributed by atoms with Crippen LogP contribution in [0.1, 0.15) is 69.8 Å². The molecule has 2 saturated heterocycles. The molecule has 8 nitrogen and oxygen atoms in total. The number of urea groups is 1. The largest absolute Gasteiger partial charge is 0.353 e. The second-order valence-electron chi connectivity index (χ2n) is 10.0. The van der Waals surface area contributed by atoms with Gasteiger partial charge in [-0.15, -0.1) is 0 Å². The van der Waals surface area contributed by atoms with E-state index in [0.29, 0.717) is 18.1 Å². The minimum Gasteiger partial charge on any atom is -0.353 e. The molecule has 2 N–H and O–H groups in total. The van der Waals surface area contributed by atoms with Crippen molar-refractivity contribution in [3.05, 3.63) is 34.9 Å². The first kappa shape index (κ1) is 23.4. The zero-order valence-electron chi connectivity index (χ0n) is 19.5. The van der Waals surface area contributed by atoms with Crippen molar-refractivity contribution >= 4 is 29.4 Å². The van der Waals surface area contributed by atoms with Crippen molar-refractivity contribution in [3.8, 4) is 0 Å². The standard InChI is InChI=1S/C25H34ClN5O3/c26-18-12-10-17(11-13-18)16-30-25(34)31-21-9-5-4-8-20(21)23(33)29(24(31)28-30)15-14-22(32)27-19-6-2-1-3-7-19/h10-13,19-21,24,28H,1-9,14-16H2,(H,27,32). The Morgan fingerprint density at radius 2 is 1.71 bits per heavy atom. The van der Waals surface area contributed by atoms with E-state index in [9.17, 15) is 14.4 Å². The van der Waals surface area contributed by atoms with Gasteiger partial charge in [0, 0.05) is 30.1 Å². The van der Waals surface area contributed by atoms with Crippen molar-refractivity contribution in [1.82, 2.24) is 25.6 Å². The number of hydrogen-bond donors (Lipinski definition) is 2. The topological polar surface area (TPSA) is 85.0 Å². The zero-order chi connectivity index (χ0) is 23.7. The predicted octanol–water partition coefficient (Wildman–Crippen LogP) is 3.61. The molecule has 184 valence electrons. The van der Waals surface area contributed by atoms with Gasteiger partial charge in [0.2, 0.25) is 11.8 Å². The minimum atomic E-state index is -0.547. The molecule has 2 saturated carbocycles. The van der Waals surface area contributed by atoms with Crippen molar-refractivity contribution in [1.29, 1.82) is 0 Å². The molecule has 3 unspecified atom stereocenters. The average Bonchev–Trinajstić information content (AvgIpc) is 3.17. The lowest BCUT2D eigenvalue weighted by Crippen LogP contribution is -2.66. The summed E-state index contributed by atoms with van der Waals surface area (Å²) in [4.78, 5) is 43.2. The van der Waals surface area contributed by atoms with Crippen LogP contribution in [0.2, 0.25) is 5.02 Å². The average molecular weight is 488 g/mol. The van der Waals surface area contributed by atoms with E-state index in [-0.39, 0.29) is 42.3 Å². The summed E-state index contributed by atoms with van der Waals surface area (Å²) >= 11 is 6.01. The van der Waals surface area contributed by atoms with Crippen LogP contribution in [0.15, 0.2) is 24.3 Å². The van der Waals surface area contributed by atoms with Crippen LogP contribution in [0.4, 0.5) is 4.79 Å². The summed E-state index contributed by atoms with van der Waals surface area (Å²) < 4.78 is 0. The first-order valence-corrected chi connectivity index (χ1v) is 13.1. The maximum absolute atomic E-state index is 13.5. The van der Waals surface area contributed by atoms with E-state index in [2.05, 4.69) is 10.7 Å². The molecule has 34 heavy (non-hydrogen) atoms. The molecule has 0 radical (unpaired) electrons. The molecular formula is C25H34ClN5O3. The summed E-state index contributed by atoms with van der Waals surface area (Å²) in [7, 11) is 0. The minimum absolute atomic E-state index is 0.0145. The molecule has 3 atom stereocenters. The maximum atomic E-state index is 13.5. The van der Waals surface area contributed by atoms with Crippen LogP contribution in [0.25, 0.3) is 0 Å². The van der Waals surface area contributed by atoms with Crippen molar-refractivity contribution in [2.24, 2.45) is 5.92 Å². The zero-order valence-corrected chi connectivity index (χ0v) is 20.3. The molecule has 0 bridgehead atoms. The van der Waals surface area contributed by atoms with Gasteiger partial charge in [-0.25, -0.2) is 4.79 Å². The van der Waals surface area contributed by atoms with Gasteiger partial charge in [0.25, 0.3) is 0 Å². The molecule has 0 spiro atoms. The van der Waals surface area contributed by atoms with Gasteiger partial charge < -0.3 is 10.2 Å². The number of carbonyl (C=O) groups is 3. The van der Waals surface area contributed by atoms with E-state index in [4.69, 9.17) is 11.6 Å². The summed E-state index contributed by atoms with van der Waals surface area (Å²) in [5, 5.41) is 5.38. The van der Waals surface area contributed by atoms with Crippen molar-refractivity contribution in [2.75, 3.05) is 6.54 Å². The molecule has 4 fully saturated rings. The van der Waals surface area contributed by atoms with Crippen LogP contribution < -0.4 is 10.7 Å². The molecule has 2 aliphatic carbocycles. The highest BCUT2D eigenvalue weighted by atomic mass is 35.5. The third-order valence-corrected chi connectivity index (χ3v) is 8.02. The number of hydrazine groups is 1. The molecule has 5 rings (SSSR count). The number of halogens is 1. The van der Waals surface area contributed by atoms with Gasteiger partial charge in [-0.2, -0.15) is 5.43 Å². The lowest BCUT2D eigenvalue weighted by molar-refractivity contribution is -0.156. The first-order chi connectivity index (χ1) is 16.5. The Balaban J connectivity index is 1.29. The number of benzene rings is 1. The Morgan fingerprint density at radius 3 is 2.47 bits per heavy atom. The van der Waals surface area contributed by atoms with Gasteiger partial charge in [-0.05, 0) is 43.4 Å². The third kappa shape index (κ3) is 4.75. The summed E-state index contributed by atoms with van der Waals surface area (Å²) in [6.45, 7) is 0.682. The Labute approximate surface area is 205 Å². The van der Waals surface area contributed by atoms with Gasteiger partial charge >= 0.3 is 6.03 Å². The molecule has 2 aliphatic heterocycles. The Hall–Kier alpha value is -2.32. The lowest BCUT2D eigenvalue weighted by Gasteiger charge is -2.48. The van der Waals surface area contributed by atoms with Crippen molar-refractivity contribution in [2.45, 2.75) is 89.1 Å². The summed E-state index contributed by atoms with van der Waals surface area (Å²) in [5.74, 6) is -0.142. The number of amides is 4. The van der Waals surface area contributed by atoms with Crippen LogP contribution in [0.5, 0.6) is 0 Å². The van der Waals surface area contributed by atoms with E-state index in [0.717, 1.165) is 56.9 Å². The highest BCUT2D eigenvalue weighted by Crippen LogP contribution is 2.38. The van der Waals surface area contributed by atoms with E-state index < -0.39 is 6.29 Å². The van der Waals surface area contributed by atoms with E-state index in [1.165, 1.54) is 6.42 Å². The highest BCUT2D eigenvalue weighted by molar-refractivity contribution is 6.30. The number of nitrogens with one attached hydrogen (secondary N) is 2. The molecule has 4 aliphatic rings. The SMILES string of the molecule is O=C(CCN1C(=O)C2CCCCC2N2C(=O)N(Cc3ccc(Cl)cc3)NC12)NC1CCCCC1. The normalized spacial score (nSPS) is 27.6. The summed E-state index contributed by atoms with van der Waals surface area (Å²) in [5.41, 5.74) is 4.23. The number of nitrogens with zero attached hydrogens (tertiary/aromatic N) is 3. The van der Waals surface area contributed by atoms with E-state index >= 15 is 0 Å². The Kier molecular flexibility index (Phi) is 6.97. The smallest absolute Gasteiger partial charge is 0.337 e. The van der Waals surface area contributed by atoms with Gasteiger partial charge in [-0.3, -0.25) is 19.5 Å². The second kappa shape index (κ2) is 10.1. The van der Waals surface area contributed by atoms with E-state index in [1.807, 2.05) is 29.2 Å². The fraction of sp³-hybridized carbons (Fsp3) is 0.640. The number of rotatable bonds is 6. The summed E-state index contributed by atoms with van der Waals surface area (Å²) in [6.07, 6.45) is 8.97. The fourth-order valence-electron chi connectivity index (χ4n) is 6.00. The number of carbonyl (C=O) groups excluding carboxylic acids is 3. The summed E-state index contributed by atoms with van der Waals surface area (Å²) in [6, 6.07) is 7.46. The van der Waals surface area contributed by atoms with Crippen molar-refractivity contribution < 1.29 is 14.4 Å². The van der Waals surface area contributed by atoms with Crippen LogP contribution in [0.3, 0.4) is 0 Å². The molecule has 9 heteroatoms. The first-order valence-electron chi connectivity index (χ1n) is 12.7. The molecule has 1 aromatic rings. The number of fused-ring (bicyclic) bond motifs is 3. The molecular weight excluding hydrogens is 454 g/mol. The van der Waals surface area contributed by atoms with Crippen LogP contribution in [-0.2, 0) is 16.1 Å². The third-order valence-electron chi connectivity index (χ3n) is 7.77. The van der Waals surface area contributed by atoms with Gasteiger partial charge in [-0.1, -0.05) is 55.8 Å². The molecule has 0 aromatic heterocycles. The fourth-order valence-corrected chi connectivity index (χ4v) is 6.12. The van der Waals surface area contributed by atoms with Gasteiger partial charge in [0.15, 0.2) is 6.29 Å². The quantitative estimate of drug-likeness (QED) is 0.642. The molecule has 1 aromatic carbocycles. The Morgan fingerprint density at radius 1 is 1.00 bits per heavy atom. The number of hydrogen-bond acceptors (Lipinski definition) is 4. The van der Waals surface area contributed by atoms with Crippen LogP contribution in [0, 0.1) is 5.92 Å². The van der Waals surface area contributed by atoms with Gasteiger partial charge in [0.05, 0.1) is 12.5 Å². The highest BCUT2D eigenvalue weighted by Gasteiger charge is 2.54. The van der Waals surface area contributed by atoms with Gasteiger partial charge in [0.1, 0.15) is 0 Å². The van der Waals surface area contributed by atoms with Crippen molar-refractivity contribution in [3.63, 3.8) is 0 Å². The monoisotopic (exact) mass is 487 g/mol. The maximum Gasteiger partial charge on any atom is 0.337 e. The molecule has 4 amide bonds. The second-order valence-corrected chi connectivity index (χ2v) is 10.5. The predicted molar refractivity (Wildman–Crippen MR) is 128 cm³/mol.